The van der Waals surface area contributed by atoms with Gasteiger partial charge < -0.3 is 13.9 Å². The summed E-state index contributed by atoms with van der Waals surface area (Å²) in [4.78, 5) is 38.8. The standard InChI is InChI=1S/C21H12N2O7/c24-20(13-7-9-15(10-8-13)23(26)27)29-17-5-2-1-4-14(17)12-16-21(25)30-19(22-16)18-6-3-11-28-18/h1-12H/b16-12+. The van der Waals surface area contributed by atoms with Gasteiger partial charge in [0.1, 0.15) is 5.75 Å². The van der Waals surface area contributed by atoms with Crippen molar-refractivity contribution >= 4 is 29.6 Å². The van der Waals surface area contributed by atoms with Crippen LogP contribution in [0.15, 0.2) is 82.0 Å². The Bertz CT molecular complexity index is 1190. The van der Waals surface area contributed by atoms with Crippen molar-refractivity contribution in [3.63, 3.8) is 0 Å². The van der Waals surface area contributed by atoms with Crippen molar-refractivity contribution in [3.8, 4) is 5.75 Å². The molecule has 0 bridgehead atoms. The Hall–Kier alpha value is -4.53. The van der Waals surface area contributed by atoms with Crippen molar-refractivity contribution in [3.05, 3.63) is 99.6 Å². The number of ether oxygens (including phenoxy) is 2. The molecule has 148 valence electrons. The molecule has 1 aliphatic rings. The summed E-state index contributed by atoms with van der Waals surface area (Å²) in [6.45, 7) is 0. The molecule has 30 heavy (non-hydrogen) atoms. The fraction of sp³-hybridized carbons (Fsp3) is 0. The molecule has 1 aromatic heterocycles. The Balaban J connectivity index is 1.58. The highest BCUT2D eigenvalue weighted by Crippen LogP contribution is 2.26. The van der Waals surface area contributed by atoms with Gasteiger partial charge in [0.2, 0.25) is 0 Å². The van der Waals surface area contributed by atoms with Crippen molar-refractivity contribution in [2.75, 3.05) is 0 Å². The number of hydrogen-bond acceptors (Lipinski definition) is 8. The maximum atomic E-state index is 12.4. The summed E-state index contributed by atoms with van der Waals surface area (Å²) in [6.07, 6.45) is 2.86. The molecule has 1 aliphatic heterocycles. The van der Waals surface area contributed by atoms with Gasteiger partial charge in [-0.1, -0.05) is 18.2 Å². The quantitative estimate of drug-likeness (QED) is 0.209. The van der Waals surface area contributed by atoms with Gasteiger partial charge in [-0.05, 0) is 36.4 Å². The van der Waals surface area contributed by atoms with Crippen LogP contribution in [0.1, 0.15) is 21.7 Å². The average Bonchev–Trinajstić information content (AvgIpc) is 3.40. The highest BCUT2D eigenvalue weighted by atomic mass is 16.6. The highest BCUT2D eigenvalue weighted by Gasteiger charge is 2.26. The fourth-order valence-electron chi connectivity index (χ4n) is 2.63. The molecule has 2 aromatic carbocycles. The molecular formula is C21H12N2O7. The van der Waals surface area contributed by atoms with Crippen LogP contribution in [0.2, 0.25) is 0 Å². The summed E-state index contributed by atoms with van der Waals surface area (Å²) in [5, 5.41) is 10.7. The van der Waals surface area contributed by atoms with E-state index in [9.17, 15) is 19.7 Å². The average molecular weight is 404 g/mol. The van der Waals surface area contributed by atoms with E-state index >= 15 is 0 Å². The first-order valence-corrected chi connectivity index (χ1v) is 8.63. The van der Waals surface area contributed by atoms with Crippen LogP contribution in [-0.4, -0.2) is 22.8 Å². The van der Waals surface area contributed by atoms with Crippen LogP contribution in [0.5, 0.6) is 5.75 Å². The summed E-state index contributed by atoms with van der Waals surface area (Å²) in [6, 6.07) is 14.8. The van der Waals surface area contributed by atoms with Crippen molar-refractivity contribution in [2.24, 2.45) is 4.99 Å². The summed E-state index contributed by atoms with van der Waals surface area (Å²) in [5.41, 5.74) is 0.438. The number of rotatable bonds is 5. The Morgan fingerprint density at radius 3 is 2.53 bits per heavy atom. The minimum Gasteiger partial charge on any atom is -0.459 e. The third-order valence-electron chi connectivity index (χ3n) is 4.08. The lowest BCUT2D eigenvalue weighted by atomic mass is 10.1. The molecule has 0 amide bonds. The lowest BCUT2D eigenvalue weighted by molar-refractivity contribution is -0.384. The first-order valence-electron chi connectivity index (χ1n) is 8.63. The number of nitrogens with zero attached hydrogens (tertiary/aromatic N) is 2. The van der Waals surface area contributed by atoms with Gasteiger partial charge in [0, 0.05) is 17.7 Å². The number of carbonyl (C=O) groups excluding carboxylic acids is 2. The van der Waals surface area contributed by atoms with Crippen molar-refractivity contribution in [1.82, 2.24) is 0 Å². The molecule has 0 unspecified atom stereocenters. The van der Waals surface area contributed by atoms with Crippen molar-refractivity contribution in [1.29, 1.82) is 0 Å². The molecule has 0 saturated carbocycles. The number of aliphatic imine (C=N–C) groups is 1. The fourth-order valence-corrected chi connectivity index (χ4v) is 2.63. The number of hydrogen-bond donors (Lipinski definition) is 0. The molecule has 0 fully saturated rings. The number of esters is 2. The Kier molecular flexibility index (Phi) is 4.92. The van der Waals surface area contributed by atoms with Crippen LogP contribution in [0.25, 0.3) is 6.08 Å². The lowest BCUT2D eigenvalue weighted by Crippen LogP contribution is -2.09. The molecule has 0 spiro atoms. The lowest BCUT2D eigenvalue weighted by Gasteiger charge is -2.07. The predicted molar refractivity (Wildman–Crippen MR) is 104 cm³/mol. The second-order valence-corrected chi connectivity index (χ2v) is 6.04. The number of cyclic esters (lactones) is 1. The van der Waals surface area contributed by atoms with Gasteiger partial charge in [-0.2, -0.15) is 0 Å². The summed E-state index contributed by atoms with van der Waals surface area (Å²) < 4.78 is 15.7. The molecule has 9 nitrogen and oxygen atoms in total. The van der Waals surface area contributed by atoms with Gasteiger partial charge in [0.05, 0.1) is 16.7 Å². The molecule has 0 atom stereocenters. The molecule has 9 heteroatoms. The number of nitro groups is 1. The minimum atomic E-state index is -0.704. The number of nitro benzene ring substituents is 1. The van der Waals surface area contributed by atoms with E-state index < -0.39 is 16.9 Å². The number of furan rings is 1. The number of non-ortho nitro benzene ring substituents is 1. The van der Waals surface area contributed by atoms with Gasteiger partial charge in [0.25, 0.3) is 11.6 Å². The number of carbonyl (C=O) groups is 2. The molecule has 0 aliphatic carbocycles. The summed E-state index contributed by atoms with van der Waals surface area (Å²) in [7, 11) is 0. The van der Waals surface area contributed by atoms with Gasteiger partial charge >= 0.3 is 11.9 Å². The van der Waals surface area contributed by atoms with Crippen molar-refractivity contribution in [2.45, 2.75) is 0 Å². The molecule has 0 radical (unpaired) electrons. The zero-order chi connectivity index (χ0) is 21.1. The van der Waals surface area contributed by atoms with Crippen LogP contribution in [0.4, 0.5) is 5.69 Å². The molecule has 4 rings (SSSR count). The van der Waals surface area contributed by atoms with E-state index in [1.165, 1.54) is 36.6 Å². The second kappa shape index (κ2) is 7.84. The van der Waals surface area contributed by atoms with Gasteiger partial charge in [-0.25, -0.2) is 14.6 Å². The Labute approximate surface area is 169 Å². The Morgan fingerprint density at radius 2 is 1.83 bits per heavy atom. The van der Waals surface area contributed by atoms with E-state index in [2.05, 4.69) is 4.99 Å². The third kappa shape index (κ3) is 3.85. The maximum Gasteiger partial charge on any atom is 0.363 e. The maximum absolute atomic E-state index is 12.4. The number of benzene rings is 2. The molecule has 3 aromatic rings. The van der Waals surface area contributed by atoms with Gasteiger partial charge in [-0.3, -0.25) is 10.1 Å². The second-order valence-electron chi connectivity index (χ2n) is 6.04. The number of para-hydroxylation sites is 1. The SMILES string of the molecule is O=C1OC(c2ccco2)=N/C1=C/c1ccccc1OC(=O)c1ccc([N+](=O)[O-])cc1. The van der Waals surface area contributed by atoms with E-state index in [-0.39, 0.29) is 28.6 Å². The third-order valence-corrected chi connectivity index (χ3v) is 4.08. The molecule has 0 N–H and O–H groups in total. The van der Waals surface area contributed by atoms with Crippen LogP contribution in [0, 0.1) is 10.1 Å². The van der Waals surface area contributed by atoms with Crippen LogP contribution in [-0.2, 0) is 9.53 Å². The largest absolute Gasteiger partial charge is 0.459 e. The minimum absolute atomic E-state index is 0.0141. The smallest absolute Gasteiger partial charge is 0.363 e. The van der Waals surface area contributed by atoms with E-state index in [4.69, 9.17) is 13.9 Å². The van der Waals surface area contributed by atoms with Crippen LogP contribution >= 0.6 is 0 Å². The van der Waals surface area contributed by atoms with E-state index in [1.807, 2.05) is 0 Å². The van der Waals surface area contributed by atoms with Crippen molar-refractivity contribution < 1.29 is 28.4 Å². The zero-order valence-electron chi connectivity index (χ0n) is 15.2. The van der Waals surface area contributed by atoms with E-state index in [0.717, 1.165) is 0 Å². The van der Waals surface area contributed by atoms with Gasteiger partial charge in [-0.15, -0.1) is 0 Å². The summed E-state index contributed by atoms with van der Waals surface area (Å²) in [5.74, 6) is -0.841. The van der Waals surface area contributed by atoms with Gasteiger partial charge in [0.15, 0.2) is 11.5 Å². The van der Waals surface area contributed by atoms with E-state index in [0.29, 0.717) is 11.3 Å². The summed E-state index contributed by atoms with van der Waals surface area (Å²) >= 11 is 0. The molecular weight excluding hydrogens is 392 g/mol. The van der Waals surface area contributed by atoms with E-state index in [1.54, 1.807) is 36.4 Å². The molecule has 2 heterocycles. The Morgan fingerprint density at radius 1 is 1.07 bits per heavy atom. The molecule has 0 saturated heterocycles. The zero-order valence-corrected chi connectivity index (χ0v) is 15.2. The topological polar surface area (TPSA) is 121 Å². The predicted octanol–water partition coefficient (Wildman–Crippen LogP) is 3.75. The van der Waals surface area contributed by atoms with Crippen LogP contribution < -0.4 is 4.74 Å². The first-order chi connectivity index (χ1) is 14.5. The highest BCUT2D eigenvalue weighted by molar-refractivity contribution is 6.12. The monoisotopic (exact) mass is 404 g/mol. The first kappa shape index (κ1) is 18.8. The normalized spacial score (nSPS) is 14.3. The van der Waals surface area contributed by atoms with Crippen LogP contribution in [0.3, 0.4) is 0 Å².